The van der Waals surface area contributed by atoms with Crippen LogP contribution in [0.2, 0.25) is 0 Å². The molecule has 1 saturated carbocycles. The Morgan fingerprint density at radius 1 is 1.57 bits per heavy atom. The lowest BCUT2D eigenvalue weighted by Crippen LogP contribution is -2.25. The van der Waals surface area contributed by atoms with Gasteiger partial charge in [-0.15, -0.1) is 11.3 Å². The molecular formula is C12H19NS. The van der Waals surface area contributed by atoms with Gasteiger partial charge in [-0.25, -0.2) is 0 Å². The predicted molar refractivity (Wildman–Crippen MR) is 62.8 cm³/mol. The van der Waals surface area contributed by atoms with E-state index in [1.54, 1.807) is 0 Å². The van der Waals surface area contributed by atoms with Crippen molar-refractivity contribution in [2.45, 2.75) is 39.7 Å². The average Bonchev–Trinajstić information content (AvgIpc) is 2.72. The molecule has 1 nitrogen and oxygen atoms in total. The Morgan fingerprint density at radius 2 is 2.29 bits per heavy atom. The highest BCUT2D eigenvalue weighted by atomic mass is 32.1. The third-order valence-corrected chi connectivity index (χ3v) is 4.44. The zero-order valence-corrected chi connectivity index (χ0v) is 10.1. The maximum Gasteiger partial charge on any atom is 0.0388 e. The van der Waals surface area contributed by atoms with Gasteiger partial charge in [0.15, 0.2) is 0 Å². The molecule has 78 valence electrons. The second-order valence-corrected chi connectivity index (χ2v) is 5.83. The van der Waals surface area contributed by atoms with Gasteiger partial charge in [-0.2, -0.15) is 0 Å². The molecule has 2 rings (SSSR count). The van der Waals surface area contributed by atoms with E-state index in [0.29, 0.717) is 11.5 Å². The maximum atomic E-state index is 3.64. The van der Waals surface area contributed by atoms with Gasteiger partial charge in [0, 0.05) is 17.5 Å². The van der Waals surface area contributed by atoms with Crippen molar-refractivity contribution < 1.29 is 0 Å². The highest BCUT2D eigenvalue weighted by molar-refractivity contribution is 7.10. The molecule has 1 aliphatic carbocycles. The van der Waals surface area contributed by atoms with E-state index in [4.69, 9.17) is 0 Å². The minimum Gasteiger partial charge on any atom is -0.309 e. The highest BCUT2D eigenvalue weighted by Gasteiger charge is 2.36. The zero-order chi connectivity index (χ0) is 10.2. The normalized spacial score (nSPS) is 20.8. The lowest BCUT2D eigenvalue weighted by Gasteiger charge is -2.16. The van der Waals surface area contributed by atoms with Crippen molar-refractivity contribution in [2.24, 2.45) is 5.41 Å². The molecule has 1 fully saturated rings. The molecule has 1 unspecified atom stereocenters. The molecule has 1 heterocycles. The summed E-state index contributed by atoms with van der Waals surface area (Å²) in [7, 11) is 0. The van der Waals surface area contributed by atoms with Gasteiger partial charge in [0.1, 0.15) is 0 Å². The Hall–Kier alpha value is -0.340. The highest BCUT2D eigenvalue weighted by Crippen LogP contribution is 2.44. The van der Waals surface area contributed by atoms with Gasteiger partial charge in [0.25, 0.3) is 0 Å². The van der Waals surface area contributed by atoms with Crippen LogP contribution in [0.25, 0.3) is 0 Å². The summed E-state index contributed by atoms with van der Waals surface area (Å²) in [5, 5.41) is 5.82. The topological polar surface area (TPSA) is 12.0 Å². The van der Waals surface area contributed by atoms with Gasteiger partial charge in [-0.3, -0.25) is 0 Å². The number of nitrogens with one attached hydrogen (secondary N) is 1. The minimum atomic E-state index is 0.521. The van der Waals surface area contributed by atoms with Crippen LogP contribution < -0.4 is 5.32 Å². The van der Waals surface area contributed by atoms with E-state index in [-0.39, 0.29) is 0 Å². The Balaban J connectivity index is 1.89. The van der Waals surface area contributed by atoms with Crippen LogP contribution in [-0.2, 0) is 0 Å². The van der Waals surface area contributed by atoms with Crippen molar-refractivity contribution in [3.05, 3.63) is 21.9 Å². The van der Waals surface area contributed by atoms with Crippen LogP contribution in [0.15, 0.2) is 11.4 Å². The fraction of sp³-hybridized carbons (Fsp3) is 0.667. The van der Waals surface area contributed by atoms with Gasteiger partial charge in [0.05, 0.1) is 0 Å². The first-order chi connectivity index (χ1) is 6.61. The summed E-state index contributed by atoms with van der Waals surface area (Å²) in [6.07, 6.45) is 2.80. The van der Waals surface area contributed by atoms with Gasteiger partial charge in [-0.1, -0.05) is 6.92 Å². The summed E-state index contributed by atoms with van der Waals surface area (Å²) in [4.78, 5) is 1.49. The fourth-order valence-corrected chi connectivity index (χ4v) is 2.67. The number of rotatable bonds is 4. The van der Waals surface area contributed by atoms with Crippen LogP contribution >= 0.6 is 11.3 Å². The maximum absolute atomic E-state index is 3.64. The van der Waals surface area contributed by atoms with E-state index in [9.17, 15) is 0 Å². The van der Waals surface area contributed by atoms with E-state index in [0.717, 1.165) is 0 Å². The third-order valence-electron chi connectivity index (χ3n) is 3.23. The van der Waals surface area contributed by atoms with E-state index in [1.807, 2.05) is 11.3 Å². The SMILES string of the molecule is Cc1ccsc1C(C)NCC1(C)CC1. The molecule has 1 aliphatic rings. The minimum absolute atomic E-state index is 0.521. The summed E-state index contributed by atoms with van der Waals surface area (Å²) in [6, 6.07) is 2.73. The molecule has 0 bridgehead atoms. The van der Waals surface area contributed by atoms with E-state index in [2.05, 4.69) is 37.5 Å². The molecule has 0 spiro atoms. The number of hydrogen-bond donors (Lipinski definition) is 1. The Bertz CT molecular complexity index is 312. The number of thiophene rings is 1. The van der Waals surface area contributed by atoms with Crippen LogP contribution in [0.5, 0.6) is 0 Å². The second-order valence-electron chi connectivity index (χ2n) is 4.88. The van der Waals surface area contributed by atoms with Crippen LogP contribution in [0.3, 0.4) is 0 Å². The molecular weight excluding hydrogens is 190 g/mol. The summed E-state index contributed by atoms with van der Waals surface area (Å²) < 4.78 is 0. The van der Waals surface area contributed by atoms with Gasteiger partial charge < -0.3 is 5.32 Å². The zero-order valence-electron chi connectivity index (χ0n) is 9.26. The number of hydrogen-bond acceptors (Lipinski definition) is 2. The van der Waals surface area contributed by atoms with Crippen molar-refractivity contribution in [1.82, 2.24) is 5.32 Å². The third kappa shape index (κ3) is 2.18. The van der Waals surface area contributed by atoms with Crippen LogP contribution in [-0.4, -0.2) is 6.54 Å². The first-order valence-corrected chi connectivity index (χ1v) is 6.26. The van der Waals surface area contributed by atoms with Crippen LogP contribution in [0, 0.1) is 12.3 Å². The fourth-order valence-electron chi connectivity index (χ4n) is 1.71. The first-order valence-electron chi connectivity index (χ1n) is 5.38. The molecule has 2 heteroatoms. The smallest absolute Gasteiger partial charge is 0.0388 e. The van der Waals surface area contributed by atoms with Crippen molar-refractivity contribution in [2.75, 3.05) is 6.54 Å². The Morgan fingerprint density at radius 3 is 2.79 bits per heavy atom. The average molecular weight is 209 g/mol. The molecule has 14 heavy (non-hydrogen) atoms. The van der Waals surface area contributed by atoms with E-state index < -0.39 is 0 Å². The Kier molecular flexibility index (Phi) is 2.67. The number of aryl methyl sites for hydroxylation is 1. The molecule has 1 N–H and O–H groups in total. The molecule has 0 saturated heterocycles. The summed E-state index contributed by atoms with van der Waals surface area (Å²) in [5.41, 5.74) is 2.04. The molecule has 0 aliphatic heterocycles. The largest absolute Gasteiger partial charge is 0.309 e. The van der Waals surface area contributed by atoms with Crippen LogP contribution in [0.1, 0.15) is 43.2 Å². The standard InChI is InChI=1S/C12H19NS/c1-9-4-7-14-11(9)10(2)13-8-12(3)5-6-12/h4,7,10,13H,5-6,8H2,1-3H3. The molecule has 0 amide bonds. The van der Waals surface area contributed by atoms with Gasteiger partial charge >= 0.3 is 0 Å². The summed E-state index contributed by atoms with van der Waals surface area (Å²) in [5.74, 6) is 0. The summed E-state index contributed by atoms with van der Waals surface area (Å²) >= 11 is 1.87. The van der Waals surface area contributed by atoms with E-state index >= 15 is 0 Å². The summed E-state index contributed by atoms with van der Waals surface area (Å²) in [6.45, 7) is 8.01. The van der Waals surface area contributed by atoms with Crippen LogP contribution in [0.4, 0.5) is 0 Å². The Labute approximate surface area is 90.5 Å². The van der Waals surface area contributed by atoms with Crippen molar-refractivity contribution in [3.8, 4) is 0 Å². The van der Waals surface area contributed by atoms with Crippen molar-refractivity contribution in [3.63, 3.8) is 0 Å². The molecule has 1 aromatic heterocycles. The van der Waals surface area contributed by atoms with E-state index in [1.165, 1.54) is 29.8 Å². The second kappa shape index (κ2) is 3.67. The first kappa shape index (κ1) is 10.2. The van der Waals surface area contributed by atoms with Gasteiger partial charge in [0.2, 0.25) is 0 Å². The predicted octanol–water partition coefficient (Wildman–Crippen LogP) is 3.51. The lowest BCUT2D eigenvalue weighted by molar-refractivity contribution is 0.460. The monoisotopic (exact) mass is 209 g/mol. The quantitative estimate of drug-likeness (QED) is 0.800. The molecule has 0 aromatic carbocycles. The van der Waals surface area contributed by atoms with Crippen molar-refractivity contribution in [1.29, 1.82) is 0 Å². The lowest BCUT2D eigenvalue weighted by atomic mass is 10.1. The van der Waals surface area contributed by atoms with Crippen molar-refractivity contribution >= 4 is 11.3 Å². The molecule has 0 radical (unpaired) electrons. The molecule has 1 aromatic rings. The van der Waals surface area contributed by atoms with Gasteiger partial charge in [-0.05, 0) is 49.1 Å². The molecule has 1 atom stereocenters.